The summed E-state index contributed by atoms with van der Waals surface area (Å²) in [5.74, 6) is 0.929. The number of piperidine rings is 1. The lowest BCUT2D eigenvalue weighted by Crippen LogP contribution is -2.52. The van der Waals surface area contributed by atoms with Crippen LogP contribution < -0.4 is 10.6 Å². The molecule has 27 heavy (non-hydrogen) atoms. The van der Waals surface area contributed by atoms with Gasteiger partial charge < -0.3 is 15.4 Å². The van der Waals surface area contributed by atoms with Crippen LogP contribution in [0, 0.1) is 0 Å². The number of nitrogens with zero attached hydrogens (tertiary/aromatic N) is 3. The third-order valence-electron chi connectivity index (χ3n) is 5.68. The van der Waals surface area contributed by atoms with E-state index in [-0.39, 0.29) is 4.75 Å². The maximum Gasteiger partial charge on any atom is 0.191 e. The van der Waals surface area contributed by atoms with E-state index < -0.39 is 0 Å². The van der Waals surface area contributed by atoms with Crippen molar-refractivity contribution in [1.29, 1.82) is 0 Å². The number of thioether (sulfide) groups is 1. The minimum Gasteiger partial charge on any atom is -0.381 e. The van der Waals surface area contributed by atoms with Gasteiger partial charge in [0.15, 0.2) is 5.96 Å². The largest absolute Gasteiger partial charge is 0.381 e. The molecule has 3 heterocycles. The first-order valence-corrected chi connectivity index (χ1v) is 11.2. The van der Waals surface area contributed by atoms with E-state index in [0.717, 1.165) is 76.7 Å². The van der Waals surface area contributed by atoms with Crippen LogP contribution in [0.2, 0.25) is 0 Å². The normalized spacial score (nSPS) is 21.8. The predicted octanol–water partition coefficient (Wildman–Crippen LogP) is 2.12. The molecular formula is C20H33N5OS. The molecule has 0 saturated carbocycles. The number of pyridine rings is 1. The SMILES string of the molecule is CN=C(NCC1(SC)CCOCC1)NC1CCN(Cc2ccccn2)CC1. The topological polar surface area (TPSA) is 61.8 Å². The van der Waals surface area contributed by atoms with E-state index >= 15 is 0 Å². The maximum absolute atomic E-state index is 5.54. The Balaban J connectivity index is 1.41. The van der Waals surface area contributed by atoms with E-state index in [2.05, 4.69) is 43.9 Å². The van der Waals surface area contributed by atoms with E-state index in [4.69, 9.17) is 4.74 Å². The average Bonchev–Trinajstić information content (AvgIpc) is 2.74. The smallest absolute Gasteiger partial charge is 0.191 e. The van der Waals surface area contributed by atoms with E-state index in [9.17, 15) is 0 Å². The van der Waals surface area contributed by atoms with Gasteiger partial charge in [-0.3, -0.25) is 14.9 Å². The zero-order valence-electron chi connectivity index (χ0n) is 16.6. The number of hydrogen-bond donors (Lipinski definition) is 2. The van der Waals surface area contributed by atoms with Crippen molar-refractivity contribution in [2.24, 2.45) is 4.99 Å². The molecule has 0 amide bonds. The monoisotopic (exact) mass is 391 g/mol. The second-order valence-electron chi connectivity index (χ2n) is 7.44. The van der Waals surface area contributed by atoms with Gasteiger partial charge in [-0.15, -0.1) is 0 Å². The molecule has 0 atom stereocenters. The third-order valence-corrected chi connectivity index (χ3v) is 7.10. The van der Waals surface area contributed by atoms with Crippen molar-refractivity contribution in [3.05, 3.63) is 30.1 Å². The molecule has 2 N–H and O–H groups in total. The molecule has 0 aromatic carbocycles. The molecule has 1 aromatic rings. The first-order valence-electron chi connectivity index (χ1n) is 9.95. The molecule has 2 saturated heterocycles. The van der Waals surface area contributed by atoms with Gasteiger partial charge in [0.05, 0.1) is 5.69 Å². The van der Waals surface area contributed by atoms with Crippen LogP contribution in [0.3, 0.4) is 0 Å². The number of aliphatic imine (C=N–C) groups is 1. The Bertz CT molecular complexity index is 583. The first-order chi connectivity index (χ1) is 13.2. The summed E-state index contributed by atoms with van der Waals surface area (Å²) in [6.45, 7) is 5.80. The molecule has 0 spiro atoms. The predicted molar refractivity (Wildman–Crippen MR) is 113 cm³/mol. The molecule has 0 bridgehead atoms. The Hall–Kier alpha value is -1.31. The standard InChI is InChI=1S/C20H33N5OS/c1-21-19(23-16-20(27-2)8-13-26-14-9-20)24-17-6-11-25(12-7-17)15-18-5-3-4-10-22-18/h3-5,10,17H,6-9,11-16H2,1-2H3,(H2,21,23,24). The molecule has 2 aliphatic rings. The highest BCUT2D eigenvalue weighted by molar-refractivity contribution is 8.00. The maximum atomic E-state index is 5.54. The molecule has 150 valence electrons. The van der Waals surface area contributed by atoms with Crippen molar-refractivity contribution in [2.45, 2.75) is 43.0 Å². The number of ether oxygens (including phenoxy) is 1. The number of rotatable bonds is 6. The van der Waals surface area contributed by atoms with E-state index in [1.165, 1.54) is 0 Å². The van der Waals surface area contributed by atoms with Gasteiger partial charge in [-0.1, -0.05) is 6.07 Å². The molecule has 1 aromatic heterocycles. The quantitative estimate of drug-likeness (QED) is 0.572. The van der Waals surface area contributed by atoms with Crippen LogP contribution in [0.1, 0.15) is 31.4 Å². The molecule has 0 unspecified atom stereocenters. The summed E-state index contributed by atoms with van der Waals surface area (Å²) in [6.07, 6.45) is 8.55. The summed E-state index contributed by atoms with van der Waals surface area (Å²) in [5, 5.41) is 7.20. The highest BCUT2D eigenvalue weighted by atomic mass is 32.2. The Morgan fingerprint density at radius 1 is 1.33 bits per heavy atom. The van der Waals surface area contributed by atoms with Crippen molar-refractivity contribution < 1.29 is 4.74 Å². The van der Waals surface area contributed by atoms with Crippen LogP contribution in [-0.4, -0.2) is 72.8 Å². The lowest BCUT2D eigenvalue weighted by Gasteiger charge is -2.37. The minimum absolute atomic E-state index is 0.266. The van der Waals surface area contributed by atoms with Gasteiger partial charge in [-0.2, -0.15) is 11.8 Å². The molecule has 3 rings (SSSR count). The number of likely N-dealkylation sites (tertiary alicyclic amines) is 1. The second-order valence-corrected chi connectivity index (χ2v) is 8.72. The minimum atomic E-state index is 0.266. The highest BCUT2D eigenvalue weighted by Crippen LogP contribution is 2.32. The summed E-state index contributed by atoms with van der Waals surface area (Å²) in [7, 11) is 1.86. The molecule has 0 aliphatic carbocycles. The molecule has 0 radical (unpaired) electrons. The number of aromatic nitrogens is 1. The van der Waals surface area contributed by atoms with Gasteiger partial charge in [-0.25, -0.2) is 0 Å². The first kappa shape index (κ1) is 20.4. The van der Waals surface area contributed by atoms with Gasteiger partial charge in [-0.05, 0) is 44.1 Å². The average molecular weight is 392 g/mol. The lowest BCUT2D eigenvalue weighted by atomic mass is 9.99. The molecule has 6 nitrogen and oxygen atoms in total. The third kappa shape index (κ3) is 6.09. The Morgan fingerprint density at radius 3 is 2.74 bits per heavy atom. The van der Waals surface area contributed by atoms with Crippen LogP contribution >= 0.6 is 11.8 Å². The second kappa shape index (κ2) is 10.3. The van der Waals surface area contributed by atoms with E-state index in [1.807, 2.05) is 31.1 Å². The molecule has 2 fully saturated rings. The number of guanidine groups is 1. The van der Waals surface area contributed by atoms with Gasteiger partial charge >= 0.3 is 0 Å². The summed E-state index contributed by atoms with van der Waals surface area (Å²) in [5.41, 5.74) is 1.15. The summed E-state index contributed by atoms with van der Waals surface area (Å²) < 4.78 is 5.80. The van der Waals surface area contributed by atoms with Crippen molar-refractivity contribution in [1.82, 2.24) is 20.5 Å². The number of hydrogen-bond acceptors (Lipinski definition) is 5. The summed E-state index contributed by atoms with van der Waals surface area (Å²) >= 11 is 1.96. The lowest BCUT2D eigenvalue weighted by molar-refractivity contribution is 0.0782. The number of nitrogens with one attached hydrogen (secondary N) is 2. The zero-order valence-corrected chi connectivity index (χ0v) is 17.4. The van der Waals surface area contributed by atoms with Crippen LogP contribution in [0.25, 0.3) is 0 Å². The Morgan fingerprint density at radius 2 is 2.11 bits per heavy atom. The fourth-order valence-electron chi connectivity index (χ4n) is 3.79. The Labute approximate surface area is 167 Å². The van der Waals surface area contributed by atoms with Gasteiger partial charge in [0.2, 0.25) is 0 Å². The Kier molecular flexibility index (Phi) is 7.79. The van der Waals surface area contributed by atoms with Crippen LogP contribution in [0.4, 0.5) is 0 Å². The van der Waals surface area contributed by atoms with Crippen molar-refractivity contribution in [2.75, 3.05) is 46.2 Å². The van der Waals surface area contributed by atoms with Gasteiger partial charge in [0.25, 0.3) is 0 Å². The molecular weight excluding hydrogens is 358 g/mol. The summed E-state index contributed by atoms with van der Waals surface area (Å²) in [6, 6.07) is 6.62. The van der Waals surface area contributed by atoms with Crippen LogP contribution in [0.5, 0.6) is 0 Å². The fraction of sp³-hybridized carbons (Fsp3) is 0.700. The van der Waals surface area contributed by atoms with Gasteiger partial charge in [0.1, 0.15) is 0 Å². The van der Waals surface area contributed by atoms with Crippen LogP contribution in [0.15, 0.2) is 29.4 Å². The fourth-order valence-corrected chi connectivity index (χ4v) is 4.58. The van der Waals surface area contributed by atoms with Gasteiger partial charge in [0, 0.05) is 63.4 Å². The van der Waals surface area contributed by atoms with E-state index in [1.54, 1.807) is 0 Å². The highest BCUT2D eigenvalue weighted by Gasteiger charge is 2.32. The zero-order chi connectivity index (χ0) is 19.0. The van der Waals surface area contributed by atoms with Crippen molar-refractivity contribution in [3.63, 3.8) is 0 Å². The summed E-state index contributed by atoms with van der Waals surface area (Å²) in [4.78, 5) is 11.4. The molecule has 2 aliphatic heterocycles. The van der Waals surface area contributed by atoms with Crippen molar-refractivity contribution in [3.8, 4) is 0 Å². The van der Waals surface area contributed by atoms with E-state index in [0.29, 0.717) is 6.04 Å². The van der Waals surface area contributed by atoms with Crippen molar-refractivity contribution >= 4 is 17.7 Å². The van der Waals surface area contributed by atoms with Crippen LogP contribution in [-0.2, 0) is 11.3 Å². The molecule has 7 heteroatoms.